The number of anilines is 1. The summed E-state index contributed by atoms with van der Waals surface area (Å²) in [5.74, 6) is 0.0116. The molecule has 1 aliphatic carbocycles. The Bertz CT molecular complexity index is 555. The van der Waals surface area contributed by atoms with E-state index in [-0.39, 0.29) is 24.0 Å². The molecule has 1 aromatic rings. The van der Waals surface area contributed by atoms with E-state index >= 15 is 0 Å². The summed E-state index contributed by atoms with van der Waals surface area (Å²) in [6.07, 6.45) is 6.40. The van der Waals surface area contributed by atoms with E-state index in [0.717, 1.165) is 18.5 Å². The smallest absolute Gasteiger partial charge is 0.318 e. The van der Waals surface area contributed by atoms with E-state index in [0.29, 0.717) is 13.0 Å². The van der Waals surface area contributed by atoms with E-state index in [1.807, 2.05) is 30.3 Å². The summed E-state index contributed by atoms with van der Waals surface area (Å²) >= 11 is 0. The molecule has 124 valence electrons. The summed E-state index contributed by atoms with van der Waals surface area (Å²) in [6, 6.07) is 9.44. The fraction of sp³-hybridized carbons (Fsp3) is 0.556. The van der Waals surface area contributed by atoms with Crippen molar-refractivity contribution in [2.75, 3.05) is 18.5 Å². The number of amides is 3. The van der Waals surface area contributed by atoms with Crippen LogP contribution in [-0.4, -0.2) is 42.5 Å². The van der Waals surface area contributed by atoms with E-state index in [4.69, 9.17) is 0 Å². The molecule has 0 aromatic heterocycles. The van der Waals surface area contributed by atoms with Crippen molar-refractivity contribution in [3.63, 3.8) is 0 Å². The molecule has 1 saturated heterocycles. The summed E-state index contributed by atoms with van der Waals surface area (Å²) in [7, 11) is 1.73. The number of rotatable bonds is 3. The first-order valence-corrected chi connectivity index (χ1v) is 8.56. The second-order valence-corrected chi connectivity index (χ2v) is 6.53. The molecule has 1 N–H and O–H groups in total. The molecule has 5 nitrogen and oxygen atoms in total. The van der Waals surface area contributed by atoms with Gasteiger partial charge in [-0.2, -0.15) is 0 Å². The van der Waals surface area contributed by atoms with Gasteiger partial charge < -0.3 is 15.1 Å². The molecule has 1 atom stereocenters. The minimum atomic E-state index is -0.362. The van der Waals surface area contributed by atoms with Gasteiger partial charge in [-0.1, -0.05) is 37.5 Å². The zero-order valence-corrected chi connectivity index (χ0v) is 13.7. The third-order valence-corrected chi connectivity index (χ3v) is 4.97. The van der Waals surface area contributed by atoms with Crippen LogP contribution in [0.1, 0.15) is 38.5 Å². The van der Waals surface area contributed by atoms with Crippen LogP contribution >= 0.6 is 0 Å². The number of benzene rings is 1. The summed E-state index contributed by atoms with van der Waals surface area (Å²) in [5.41, 5.74) is 0.904. The molecular formula is C18H25N3O2. The molecule has 1 saturated carbocycles. The molecule has 2 fully saturated rings. The Morgan fingerprint density at radius 3 is 2.52 bits per heavy atom. The number of nitrogens with one attached hydrogen (secondary N) is 1. The van der Waals surface area contributed by atoms with Crippen molar-refractivity contribution < 1.29 is 9.59 Å². The number of nitrogens with zero attached hydrogens (tertiary/aromatic N) is 2. The average Bonchev–Trinajstić information content (AvgIpc) is 2.97. The molecule has 5 heteroatoms. The maximum atomic E-state index is 12.6. The summed E-state index contributed by atoms with van der Waals surface area (Å²) in [6.45, 7) is 0.661. The van der Waals surface area contributed by atoms with Crippen LogP contribution in [0.25, 0.3) is 0 Å². The van der Waals surface area contributed by atoms with Crippen LogP contribution < -0.4 is 10.2 Å². The molecule has 1 heterocycles. The Balaban J connectivity index is 1.60. The van der Waals surface area contributed by atoms with Crippen molar-refractivity contribution in [1.29, 1.82) is 0 Å². The molecule has 23 heavy (non-hydrogen) atoms. The fourth-order valence-electron chi connectivity index (χ4n) is 3.55. The quantitative estimate of drug-likeness (QED) is 0.932. The highest BCUT2D eigenvalue weighted by molar-refractivity contribution is 6.01. The Morgan fingerprint density at radius 2 is 1.83 bits per heavy atom. The van der Waals surface area contributed by atoms with E-state index < -0.39 is 0 Å². The van der Waals surface area contributed by atoms with Crippen LogP contribution in [0.2, 0.25) is 0 Å². The summed E-state index contributed by atoms with van der Waals surface area (Å²) in [5, 5.41) is 3.09. The lowest BCUT2D eigenvalue weighted by molar-refractivity contribution is -0.120. The van der Waals surface area contributed by atoms with Crippen molar-refractivity contribution in [2.45, 2.75) is 50.6 Å². The number of likely N-dealkylation sites (N-methyl/N-ethyl adjacent to an activating group) is 1. The first-order valence-electron chi connectivity index (χ1n) is 8.56. The molecule has 0 bridgehead atoms. The van der Waals surface area contributed by atoms with Gasteiger partial charge in [-0.05, 0) is 31.4 Å². The molecule has 3 amide bonds. The highest BCUT2D eigenvalue weighted by Crippen LogP contribution is 2.24. The normalized spacial score (nSPS) is 22.2. The Hall–Kier alpha value is -2.04. The minimum absolute atomic E-state index is 0.0116. The average molecular weight is 315 g/mol. The van der Waals surface area contributed by atoms with Crippen LogP contribution in [0.15, 0.2) is 30.3 Å². The first kappa shape index (κ1) is 15.8. The Labute approximate surface area is 137 Å². The topological polar surface area (TPSA) is 52.7 Å². The van der Waals surface area contributed by atoms with Gasteiger partial charge in [-0.3, -0.25) is 4.79 Å². The third kappa shape index (κ3) is 3.49. The summed E-state index contributed by atoms with van der Waals surface area (Å²) < 4.78 is 0. The van der Waals surface area contributed by atoms with Gasteiger partial charge in [0.2, 0.25) is 5.91 Å². The van der Waals surface area contributed by atoms with Gasteiger partial charge in [-0.15, -0.1) is 0 Å². The maximum absolute atomic E-state index is 12.6. The first-order chi connectivity index (χ1) is 11.2. The number of carbonyl (C=O) groups excluding carboxylic acids is 2. The highest BCUT2D eigenvalue weighted by Gasteiger charge is 2.37. The van der Waals surface area contributed by atoms with Crippen LogP contribution in [0.5, 0.6) is 0 Å². The maximum Gasteiger partial charge on any atom is 0.318 e. The van der Waals surface area contributed by atoms with Gasteiger partial charge in [0.05, 0.1) is 0 Å². The van der Waals surface area contributed by atoms with Gasteiger partial charge in [0.25, 0.3) is 0 Å². The van der Waals surface area contributed by atoms with Crippen molar-refractivity contribution in [3.05, 3.63) is 30.3 Å². The van der Waals surface area contributed by atoms with Crippen molar-refractivity contribution in [3.8, 4) is 0 Å². The van der Waals surface area contributed by atoms with Crippen LogP contribution in [-0.2, 0) is 4.79 Å². The largest absolute Gasteiger partial charge is 0.335 e. The molecule has 3 rings (SSSR count). The molecule has 0 unspecified atom stereocenters. The minimum Gasteiger partial charge on any atom is -0.335 e. The monoisotopic (exact) mass is 315 g/mol. The van der Waals surface area contributed by atoms with Crippen molar-refractivity contribution in [2.24, 2.45) is 0 Å². The number of carbonyl (C=O) groups is 2. The van der Waals surface area contributed by atoms with Gasteiger partial charge in [-0.25, -0.2) is 4.79 Å². The van der Waals surface area contributed by atoms with Gasteiger partial charge in [0.15, 0.2) is 0 Å². The van der Waals surface area contributed by atoms with Gasteiger partial charge in [0, 0.05) is 25.3 Å². The second-order valence-electron chi connectivity index (χ2n) is 6.53. The van der Waals surface area contributed by atoms with Crippen molar-refractivity contribution in [1.82, 2.24) is 10.2 Å². The Kier molecular flexibility index (Phi) is 4.84. The van der Waals surface area contributed by atoms with Crippen LogP contribution in [0.4, 0.5) is 10.5 Å². The van der Waals surface area contributed by atoms with Crippen LogP contribution in [0.3, 0.4) is 0 Å². The van der Waals surface area contributed by atoms with E-state index in [1.165, 1.54) is 19.3 Å². The lowest BCUT2D eigenvalue weighted by Gasteiger charge is -2.28. The number of urea groups is 1. The summed E-state index contributed by atoms with van der Waals surface area (Å²) in [4.78, 5) is 28.4. The number of hydrogen-bond acceptors (Lipinski definition) is 2. The van der Waals surface area contributed by atoms with Crippen LogP contribution in [0, 0.1) is 0 Å². The second kappa shape index (κ2) is 7.02. The lowest BCUT2D eigenvalue weighted by atomic mass is 9.96. The van der Waals surface area contributed by atoms with E-state index in [1.54, 1.807) is 16.8 Å². The van der Waals surface area contributed by atoms with Gasteiger partial charge in [0.1, 0.15) is 6.04 Å². The molecule has 0 spiro atoms. The molecule has 1 aliphatic heterocycles. The predicted molar refractivity (Wildman–Crippen MR) is 90.4 cm³/mol. The zero-order chi connectivity index (χ0) is 16.2. The lowest BCUT2D eigenvalue weighted by Crippen LogP contribution is -2.50. The molecule has 1 aromatic carbocycles. The zero-order valence-electron chi connectivity index (χ0n) is 13.7. The third-order valence-electron chi connectivity index (χ3n) is 4.97. The SMILES string of the molecule is CN(C(=O)NC1CCCCC1)[C@@H]1CCN(c2ccccc2)C1=O. The van der Waals surface area contributed by atoms with Gasteiger partial charge >= 0.3 is 6.03 Å². The van der Waals surface area contributed by atoms with E-state index in [2.05, 4.69) is 5.32 Å². The molecule has 2 aliphatic rings. The molecular weight excluding hydrogens is 290 g/mol. The molecule has 0 radical (unpaired) electrons. The van der Waals surface area contributed by atoms with E-state index in [9.17, 15) is 9.59 Å². The van der Waals surface area contributed by atoms with Crippen molar-refractivity contribution >= 4 is 17.6 Å². The number of hydrogen-bond donors (Lipinski definition) is 1. The predicted octanol–water partition coefficient (Wildman–Crippen LogP) is 2.77. The number of para-hydroxylation sites is 1. The Morgan fingerprint density at radius 1 is 1.13 bits per heavy atom. The highest BCUT2D eigenvalue weighted by atomic mass is 16.2. The standard InChI is InChI=1S/C18H25N3O2/c1-20(18(23)19-14-8-4-2-5-9-14)16-12-13-21(17(16)22)15-10-6-3-7-11-15/h3,6-7,10-11,14,16H,2,4-5,8-9,12-13H2,1H3,(H,19,23)/t16-/m1/s1. The fourth-order valence-corrected chi connectivity index (χ4v) is 3.55.